The zero-order valence-electron chi connectivity index (χ0n) is 11.2. The number of imide groups is 1. The predicted octanol–water partition coefficient (Wildman–Crippen LogP) is 0.415. The summed E-state index contributed by atoms with van der Waals surface area (Å²) >= 11 is 0. The van der Waals surface area contributed by atoms with Crippen LogP contribution in [-0.2, 0) is 16.0 Å². The van der Waals surface area contributed by atoms with Crippen LogP contribution in [0.2, 0.25) is 0 Å². The Labute approximate surface area is 112 Å². The molecule has 1 atom stereocenters. The fourth-order valence-electron chi connectivity index (χ4n) is 2.10. The number of carbonyl (C=O) groups is 2. The molecular weight excluding hydrogens is 244 g/mol. The van der Waals surface area contributed by atoms with Gasteiger partial charge in [0.15, 0.2) is 0 Å². The van der Waals surface area contributed by atoms with Crippen molar-refractivity contribution in [2.24, 2.45) is 0 Å². The first-order valence-corrected chi connectivity index (χ1v) is 6.28. The van der Waals surface area contributed by atoms with Gasteiger partial charge in [-0.3, -0.25) is 14.5 Å². The quantitative estimate of drug-likeness (QED) is 0.802. The van der Waals surface area contributed by atoms with Crippen molar-refractivity contribution in [2.45, 2.75) is 19.4 Å². The molecule has 0 bridgehead atoms. The second-order valence-corrected chi connectivity index (χ2v) is 4.92. The molecule has 2 amide bonds. The first kappa shape index (κ1) is 13.5. The van der Waals surface area contributed by atoms with Gasteiger partial charge in [-0.1, -0.05) is 12.1 Å². The summed E-state index contributed by atoms with van der Waals surface area (Å²) in [7, 11) is 1.51. The number of carbonyl (C=O) groups excluding carboxylic acids is 2. The van der Waals surface area contributed by atoms with E-state index in [1.165, 1.54) is 7.05 Å². The average Bonchev–Trinajstić information content (AvgIpc) is 2.35. The minimum absolute atomic E-state index is 0.190. The van der Waals surface area contributed by atoms with Crippen molar-refractivity contribution in [1.82, 2.24) is 4.90 Å². The molecule has 19 heavy (non-hydrogen) atoms. The third-order valence-corrected chi connectivity index (χ3v) is 3.23. The van der Waals surface area contributed by atoms with Crippen LogP contribution < -0.4 is 4.90 Å². The van der Waals surface area contributed by atoms with Crippen LogP contribution in [-0.4, -0.2) is 48.1 Å². The first-order chi connectivity index (χ1) is 8.97. The molecule has 1 unspecified atom stereocenters. The van der Waals surface area contributed by atoms with Crippen molar-refractivity contribution in [3.05, 3.63) is 29.8 Å². The molecular formula is C14H18N2O3. The van der Waals surface area contributed by atoms with E-state index >= 15 is 0 Å². The van der Waals surface area contributed by atoms with Gasteiger partial charge in [0.1, 0.15) is 0 Å². The van der Waals surface area contributed by atoms with Crippen molar-refractivity contribution in [1.29, 1.82) is 0 Å². The van der Waals surface area contributed by atoms with Crippen molar-refractivity contribution in [2.75, 3.05) is 25.0 Å². The number of aliphatic hydroxyl groups is 1. The third-order valence-electron chi connectivity index (χ3n) is 3.23. The number of anilines is 1. The number of piperazine rings is 1. The van der Waals surface area contributed by atoms with Crippen molar-refractivity contribution in [3.8, 4) is 0 Å². The number of aliphatic hydroxyl groups excluding tert-OH is 1. The SMILES string of the molecule is CC(O)Cc1ccc(N2CC(=O)N(C)C(=O)C2)cc1. The van der Waals surface area contributed by atoms with Gasteiger partial charge >= 0.3 is 0 Å². The van der Waals surface area contributed by atoms with Gasteiger partial charge < -0.3 is 10.0 Å². The van der Waals surface area contributed by atoms with Crippen molar-refractivity contribution in [3.63, 3.8) is 0 Å². The molecule has 1 saturated heterocycles. The fourth-order valence-corrected chi connectivity index (χ4v) is 2.10. The molecule has 102 valence electrons. The molecule has 0 aromatic heterocycles. The molecule has 1 fully saturated rings. The molecule has 1 heterocycles. The van der Waals surface area contributed by atoms with Gasteiger partial charge in [0.2, 0.25) is 11.8 Å². The van der Waals surface area contributed by atoms with Crippen LogP contribution in [0.1, 0.15) is 12.5 Å². The van der Waals surface area contributed by atoms with Gasteiger partial charge in [-0.05, 0) is 31.0 Å². The molecule has 0 spiro atoms. The van der Waals surface area contributed by atoms with Gasteiger partial charge in [-0.25, -0.2) is 0 Å². The number of rotatable bonds is 3. The Kier molecular flexibility index (Phi) is 3.85. The van der Waals surface area contributed by atoms with Gasteiger partial charge in [0.25, 0.3) is 0 Å². The minimum atomic E-state index is -0.377. The summed E-state index contributed by atoms with van der Waals surface area (Å²) in [5, 5.41) is 9.32. The van der Waals surface area contributed by atoms with Crippen LogP contribution >= 0.6 is 0 Å². The topological polar surface area (TPSA) is 60.9 Å². The standard InChI is InChI=1S/C14H18N2O3/c1-10(17)7-11-3-5-12(6-4-11)16-8-13(18)15(2)14(19)9-16/h3-6,10,17H,7-9H2,1-2H3. The third kappa shape index (κ3) is 3.12. The number of hydrogen-bond acceptors (Lipinski definition) is 4. The second-order valence-electron chi connectivity index (χ2n) is 4.92. The predicted molar refractivity (Wildman–Crippen MR) is 71.8 cm³/mol. The summed E-state index contributed by atoms with van der Waals surface area (Å²) in [5.74, 6) is -0.381. The van der Waals surface area contributed by atoms with E-state index in [1.807, 2.05) is 24.3 Å². The van der Waals surface area contributed by atoms with Gasteiger partial charge in [0, 0.05) is 12.7 Å². The number of nitrogens with zero attached hydrogens (tertiary/aromatic N) is 2. The average molecular weight is 262 g/mol. The van der Waals surface area contributed by atoms with Crippen LogP contribution in [0.15, 0.2) is 24.3 Å². The second kappa shape index (κ2) is 5.40. The molecule has 5 heteroatoms. The summed E-state index contributed by atoms with van der Waals surface area (Å²) in [4.78, 5) is 26.2. The minimum Gasteiger partial charge on any atom is -0.393 e. The highest BCUT2D eigenvalue weighted by molar-refractivity contribution is 6.02. The summed E-state index contributed by atoms with van der Waals surface area (Å²) in [6.07, 6.45) is 0.221. The number of likely N-dealkylation sites (N-methyl/N-ethyl adjacent to an activating group) is 1. The van der Waals surface area contributed by atoms with E-state index in [4.69, 9.17) is 0 Å². The maximum Gasteiger partial charge on any atom is 0.248 e. The van der Waals surface area contributed by atoms with E-state index in [0.717, 1.165) is 16.2 Å². The summed E-state index contributed by atoms with van der Waals surface area (Å²) in [5.41, 5.74) is 1.88. The molecule has 1 aliphatic heterocycles. The lowest BCUT2D eigenvalue weighted by Crippen LogP contribution is -2.52. The van der Waals surface area contributed by atoms with E-state index in [9.17, 15) is 14.7 Å². The Balaban J connectivity index is 2.10. The van der Waals surface area contributed by atoms with Crippen LogP contribution in [0.4, 0.5) is 5.69 Å². The summed E-state index contributed by atoms with van der Waals surface area (Å²) in [6, 6.07) is 7.58. The summed E-state index contributed by atoms with van der Waals surface area (Å²) < 4.78 is 0. The maximum atomic E-state index is 11.6. The highest BCUT2D eigenvalue weighted by Gasteiger charge is 2.27. The lowest BCUT2D eigenvalue weighted by atomic mass is 10.1. The van der Waals surface area contributed by atoms with Crippen LogP contribution in [0.5, 0.6) is 0 Å². The fraction of sp³-hybridized carbons (Fsp3) is 0.429. The van der Waals surface area contributed by atoms with E-state index in [2.05, 4.69) is 0 Å². The molecule has 1 aromatic carbocycles. The molecule has 5 nitrogen and oxygen atoms in total. The number of hydrogen-bond donors (Lipinski definition) is 1. The zero-order valence-corrected chi connectivity index (χ0v) is 11.2. The first-order valence-electron chi connectivity index (χ1n) is 6.28. The van der Waals surface area contributed by atoms with Gasteiger partial charge in [-0.2, -0.15) is 0 Å². The van der Waals surface area contributed by atoms with E-state index in [1.54, 1.807) is 11.8 Å². The largest absolute Gasteiger partial charge is 0.393 e. The van der Waals surface area contributed by atoms with Crippen LogP contribution in [0, 0.1) is 0 Å². The number of amides is 2. The molecule has 0 saturated carbocycles. The van der Waals surface area contributed by atoms with E-state index in [0.29, 0.717) is 6.42 Å². The Morgan fingerprint density at radius 2 is 1.68 bits per heavy atom. The zero-order chi connectivity index (χ0) is 14.0. The van der Waals surface area contributed by atoms with Crippen molar-refractivity contribution >= 4 is 17.5 Å². The lowest BCUT2D eigenvalue weighted by molar-refractivity contribution is -0.143. The highest BCUT2D eigenvalue weighted by atomic mass is 16.3. The van der Waals surface area contributed by atoms with E-state index in [-0.39, 0.29) is 31.0 Å². The Morgan fingerprint density at radius 1 is 1.16 bits per heavy atom. The van der Waals surface area contributed by atoms with Crippen LogP contribution in [0.3, 0.4) is 0 Å². The molecule has 0 aliphatic carbocycles. The molecule has 1 aliphatic rings. The Morgan fingerprint density at radius 3 is 2.16 bits per heavy atom. The maximum absolute atomic E-state index is 11.6. The lowest BCUT2D eigenvalue weighted by Gasteiger charge is -2.32. The molecule has 2 rings (SSSR count). The normalized spacial score (nSPS) is 17.8. The van der Waals surface area contributed by atoms with Gasteiger partial charge in [0.05, 0.1) is 19.2 Å². The molecule has 1 N–H and O–H groups in total. The molecule has 0 radical (unpaired) electrons. The monoisotopic (exact) mass is 262 g/mol. The smallest absolute Gasteiger partial charge is 0.248 e. The highest BCUT2D eigenvalue weighted by Crippen LogP contribution is 2.18. The van der Waals surface area contributed by atoms with Crippen molar-refractivity contribution < 1.29 is 14.7 Å². The molecule has 1 aromatic rings. The van der Waals surface area contributed by atoms with Gasteiger partial charge in [-0.15, -0.1) is 0 Å². The Hall–Kier alpha value is -1.88. The van der Waals surface area contributed by atoms with E-state index < -0.39 is 0 Å². The summed E-state index contributed by atoms with van der Waals surface area (Å²) in [6.45, 7) is 2.18. The Bertz CT molecular complexity index is 464. The number of benzene rings is 1. The van der Waals surface area contributed by atoms with Crippen LogP contribution in [0.25, 0.3) is 0 Å².